The summed E-state index contributed by atoms with van der Waals surface area (Å²) in [6.07, 6.45) is 1.42. The van der Waals surface area contributed by atoms with Gasteiger partial charge < -0.3 is 5.32 Å². The summed E-state index contributed by atoms with van der Waals surface area (Å²) in [7, 11) is 0. The van der Waals surface area contributed by atoms with Gasteiger partial charge in [-0.25, -0.2) is 9.20 Å². The van der Waals surface area contributed by atoms with Gasteiger partial charge in [0.25, 0.3) is 5.56 Å². The Morgan fingerprint density at radius 2 is 2.12 bits per heavy atom. The summed E-state index contributed by atoms with van der Waals surface area (Å²) < 4.78 is 2.53. The monoisotopic (exact) mass is 385 g/mol. The average Bonchev–Trinajstić information content (AvgIpc) is 3.26. The second-order valence-electron chi connectivity index (χ2n) is 5.49. The molecule has 26 heavy (non-hydrogen) atoms. The third kappa shape index (κ3) is 3.24. The van der Waals surface area contributed by atoms with Crippen molar-refractivity contribution in [2.45, 2.75) is 6.54 Å². The summed E-state index contributed by atoms with van der Waals surface area (Å²) in [5, 5.41) is 13.5. The van der Waals surface area contributed by atoms with E-state index in [2.05, 4.69) is 15.5 Å². The number of rotatable bonds is 4. The van der Waals surface area contributed by atoms with E-state index >= 15 is 0 Å². The number of nitrogens with one attached hydrogen (secondary N) is 1. The molecule has 0 spiro atoms. The van der Waals surface area contributed by atoms with Crippen molar-refractivity contribution in [2.75, 3.05) is 5.32 Å². The van der Waals surface area contributed by atoms with Crippen molar-refractivity contribution in [1.82, 2.24) is 19.4 Å². The summed E-state index contributed by atoms with van der Waals surface area (Å²) in [5.74, 6) is -0.371. The first-order valence-corrected chi connectivity index (χ1v) is 8.91. The molecule has 1 N–H and O–H groups in total. The van der Waals surface area contributed by atoms with Gasteiger partial charge in [-0.2, -0.15) is 10.2 Å². The van der Waals surface area contributed by atoms with Gasteiger partial charge >= 0.3 is 0 Å². The van der Waals surface area contributed by atoms with Crippen molar-refractivity contribution in [2.24, 2.45) is 0 Å². The zero-order valence-electron chi connectivity index (χ0n) is 13.3. The van der Waals surface area contributed by atoms with E-state index in [4.69, 9.17) is 11.6 Å². The minimum absolute atomic E-state index is 0.207. The predicted molar refractivity (Wildman–Crippen MR) is 101 cm³/mol. The zero-order chi connectivity index (χ0) is 18.1. The molecule has 4 rings (SSSR count). The van der Waals surface area contributed by atoms with Crippen LogP contribution in [0.5, 0.6) is 0 Å². The Kier molecular flexibility index (Phi) is 4.27. The molecule has 0 unspecified atom stereocenters. The van der Waals surface area contributed by atoms with E-state index in [9.17, 15) is 9.59 Å². The number of hydrogen-bond acceptors (Lipinski definition) is 5. The minimum Gasteiger partial charge on any atom is -0.324 e. The fourth-order valence-corrected chi connectivity index (χ4v) is 3.37. The molecule has 7 nitrogen and oxygen atoms in total. The first-order chi connectivity index (χ1) is 12.6. The lowest BCUT2D eigenvalue weighted by atomic mass is 10.3. The van der Waals surface area contributed by atoms with Gasteiger partial charge in [-0.3, -0.25) is 9.59 Å². The number of carbonyl (C=O) groups is 1. The Balaban J connectivity index is 1.59. The van der Waals surface area contributed by atoms with Crippen LogP contribution >= 0.6 is 22.9 Å². The van der Waals surface area contributed by atoms with Gasteiger partial charge in [-0.1, -0.05) is 23.7 Å². The van der Waals surface area contributed by atoms with Crippen molar-refractivity contribution in [3.8, 4) is 10.6 Å². The van der Waals surface area contributed by atoms with Crippen molar-refractivity contribution in [1.29, 1.82) is 0 Å². The number of amides is 1. The van der Waals surface area contributed by atoms with Gasteiger partial charge in [-0.05, 0) is 35.7 Å². The Labute approximate surface area is 156 Å². The fraction of sp³-hybridized carbons (Fsp3) is 0.0588. The first-order valence-electron chi connectivity index (χ1n) is 7.65. The van der Waals surface area contributed by atoms with Gasteiger partial charge in [-0.15, -0.1) is 11.3 Å². The van der Waals surface area contributed by atoms with Gasteiger partial charge in [0.2, 0.25) is 5.91 Å². The molecule has 1 amide bonds. The normalized spacial score (nSPS) is 11.0. The summed E-state index contributed by atoms with van der Waals surface area (Å²) in [4.78, 5) is 25.8. The topological polar surface area (TPSA) is 81.3 Å². The molecule has 3 heterocycles. The van der Waals surface area contributed by atoms with Crippen LogP contribution in [0.2, 0.25) is 5.02 Å². The molecule has 0 aliphatic heterocycles. The van der Waals surface area contributed by atoms with Crippen LogP contribution in [0, 0.1) is 0 Å². The summed E-state index contributed by atoms with van der Waals surface area (Å²) in [6, 6.07) is 12.3. The number of halogens is 1. The number of nitrogens with zero attached hydrogens (tertiary/aromatic N) is 4. The van der Waals surface area contributed by atoms with Crippen LogP contribution in [0.4, 0.5) is 5.69 Å². The van der Waals surface area contributed by atoms with Gasteiger partial charge in [0.05, 0.1) is 4.88 Å². The highest BCUT2D eigenvalue weighted by Gasteiger charge is 2.13. The fourth-order valence-electron chi connectivity index (χ4n) is 2.50. The van der Waals surface area contributed by atoms with Crippen molar-refractivity contribution >= 4 is 40.0 Å². The number of carbonyl (C=O) groups excluding carboxylic acids is 1. The van der Waals surface area contributed by atoms with E-state index in [0.717, 1.165) is 9.56 Å². The largest absolute Gasteiger partial charge is 0.324 e. The van der Waals surface area contributed by atoms with E-state index in [1.807, 2.05) is 17.5 Å². The third-order valence-electron chi connectivity index (χ3n) is 3.67. The Morgan fingerprint density at radius 3 is 2.88 bits per heavy atom. The van der Waals surface area contributed by atoms with E-state index in [1.54, 1.807) is 30.3 Å². The number of anilines is 1. The molecular formula is C17H12ClN5O2S. The number of hydrogen-bond donors (Lipinski definition) is 1. The number of fused-ring (bicyclic) bond motifs is 1. The second-order valence-corrected chi connectivity index (χ2v) is 6.87. The lowest BCUT2D eigenvalue weighted by Gasteiger charge is -2.07. The SMILES string of the molecule is O=C(Cn1ncn2nc(-c3cccs3)cc2c1=O)Nc1cccc(Cl)c1. The highest BCUT2D eigenvalue weighted by molar-refractivity contribution is 7.13. The Morgan fingerprint density at radius 1 is 1.23 bits per heavy atom. The highest BCUT2D eigenvalue weighted by Crippen LogP contribution is 2.23. The average molecular weight is 386 g/mol. The highest BCUT2D eigenvalue weighted by atomic mass is 35.5. The van der Waals surface area contributed by atoms with Crippen LogP contribution in [-0.4, -0.2) is 25.3 Å². The lowest BCUT2D eigenvalue weighted by molar-refractivity contribution is -0.117. The molecule has 9 heteroatoms. The van der Waals surface area contributed by atoms with Gasteiger partial charge in [0.1, 0.15) is 24.1 Å². The maximum absolute atomic E-state index is 12.6. The first kappa shape index (κ1) is 16.5. The second kappa shape index (κ2) is 6.74. The number of aromatic nitrogens is 4. The van der Waals surface area contributed by atoms with Crippen LogP contribution in [0.3, 0.4) is 0 Å². The van der Waals surface area contributed by atoms with Crippen LogP contribution < -0.4 is 10.9 Å². The molecule has 0 radical (unpaired) electrons. The summed E-state index contributed by atoms with van der Waals surface area (Å²) in [6.45, 7) is -0.207. The molecule has 0 fully saturated rings. The van der Waals surface area contributed by atoms with Crippen molar-refractivity contribution in [3.63, 3.8) is 0 Å². The molecule has 130 valence electrons. The third-order valence-corrected chi connectivity index (χ3v) is 4.79. The van der Waals surface area contributed by atoms with Crippen molar-refractivity contribution < 1.29 is 4.79 Å². The zero-order valence-corrected chi connectivity index (χ0v) is 14.9. The van der Waals surface area contributed by atoms with E-state index in [-0.39, 0.29) is 18.0 Å². The number of thiophene rings is 1. The summed E-state index contributed by atoms with van der Waals surface area (Å²) in [5.41, 5.74) is 1.23. The lowest BCUT2D eigenvalue weighted by Crippen LogP contribution is -2.30. The van der Waals surface area contributed by atoms with Crippen LogP contribution in [0.25, 0.3) is 16.1 Å². The predicted octanol–water partition coefficient (Wildman–Crippen LogP) is 2.91. The molecular weight excluding hydrogens is 374 g/mol. The minimum atomic E-state index is -0.385. The van der Waals surface area contributed by atoms with Gasteiger partial charge in [0, 0.05) is 10.7 Å². The van der Waals surface area contributed by atoms with E-state index < -0.39 is 0 Å². The molecule has 4 aromatic rings. The van der Waals surface area contributed by atoms with Crippen LogP contribution in [0.15, 0.2) is 59.0 Å². The van der Waals surface area contributed by atoms with Crippen LogP contribution in [-0.2, 0) is 11.3 Å². The molecule has 3 aromatic heterocycles. The molecule has 0 atom stereocenters. The maximum Gasteiger partial charge on any atom is 0.293 e. The van der Waals surface area contributed by atoms with E-state index in [1.165, 1.54) is 22.2 Å². The quantitative estimate of drug-likeness (QED) is 0.585. The molecule has 0 saturated heterocycles. The van der Waals surface area contributed by atoms with E-state index in [0.29, 0.717) is 21.9 Å². The molecule has 0 bridgehead atoms. The van der Waals surface area contributed by atoms with Crippen molar-refractivity contribution in [3.05, 3.63) is 69.5 Å². The molecule has 0 aliphatic rings. The smallest absolute Gasteiger partial charge is 0.293 e. The maximum atomic E-state index is 12.6. The summed E-state index contributed by atoms with van der Waals surface area (Å²) >= 11 is 7.43. The molecule has 0 aliphatic carbocycles. The van der Waals surface area contributed by atoms with Gasteiger partial charge in [0.15, 0.2) is 0 Å². The number of benzene rings is 1. The van der Waals surface area contributed by atoms with Crippen LogP contribution in [0.1, 0.15) is 0 Å². The molecule has 0 saturated carbocycles. The standard InChI is InChI=1S/C17H12ClN5O2S/c18-11-3-1-4-12(7-11)20-16(24)9-22-17(25)14-8-13(15-5-2-6-26-15)21-23(14)10-19-22/h1-8,10H,9H2,(H,20,24). The molecule has 1 aromatic carbocycles. The Hall–Kier alpha value is -2.97. The Bertz CT molecular complexity index is 1150.